The van der Waals surface area contributed by atoms with E-state index in [0.29, 0.717) is 5.69 Å². The third kappa shape index (κ3) is 2.36. The average molecular weight is 397 g/mol. The van der Waals surface area contributed by atoms with Gasteiger partial charge in [0.15, 0.2) is 0 Å². The third-order valence-electron chi connectivity index (χ3n) is 6.72. The zero-order valence-corrected chi connectivity index (χ0v) is 16.1. The summed E-state index contributed by atoms with van der Waals surface area (Å²) in [4.78, 5) is 44.5. The standard InChI is InChI=1S/C24H19N3O3/c28-19(12-27-23(29)20-13-9-10-14(11-13)21(20)24(27)30)26-22-15-5-1-3-7-17(15)25-18-8-4-2-6-16(18)22/h1-10,13-14,20-21H,11-12H2,(H,25,26,28)/t13-,14-,20+,21+/m0/s1. The van der Waals surface area contributed by atoms with E-state index >= 15 is 0 Å². The van der Waals surface area contributed by atoms with Crippen LogP contribution in [0.3, 0.4) is 0 Å². The normalized spacial score (nSPS) is 26.7. The van der Waals surface area contributed by atoms with E-state index in [9.17, 15) is 14.4 Å². The molecule has 0 spiro atoms. The van der Waals surface area contributed by atoms with Gasteiger partial charge in [0.05, 0.1) is 28.6 Å². The molecule has 6 heteroatoms. The lowest BCUT2D eigenvalue weighted by Gasteiger charge is -2.18. The lowest BCUT2D eigenvalue weighted by molar-refractivity contribution is -0.143. The van der Waals surface area contributed by atoms with Crippen LogP contribution in [0.2, 0.25) is 0 Å². The number of nitrogens with zero attached hydrogens (tertiary/aromatic N) is 2. The van der Waals surface area contributed by atoms with Gasteiger partial charge in [0, 0.05) is 10.8 Å². The third-order valence-corrected chi connectivity index (χ3v) is 6.72. The summed E-state index contributed by atoms with van der Waals surface area (Å²) < 4.78 is 0. The van der Waals surface area contributed by atoms with Crippen molar-refractivity contribution in [2.45, 2.75) is 6.42 Å². The van der Waals surface area contributed by atoms with Gasteiger partial charge in [-0.25, -0.2) is 4.98 Å². The molecule has 2 aromatic carbocycles. The van der Waals surface area contributed by atoms with Crippen LogP contribution in [-0.2, 0) is 14.4 Å². The van der Waals surface area contributed by atoms with E-state index in [1.165, 1.54) is 0 Å². The summed E-state index contributed by atoms with van der Waals surface area (Å²) in [5, 5.41) is 4.60. The molecule has 3 amide bonds. The Balaban J connectivity index is 1.31. The highest BCUT2D eigenvalue weighted by molar-refractivity contribution is 6.15. The number of allylic oxidation sites excluding steroid dienone is 2. The number of aromatic nitrogens is 1. The van der Waals surface area contributed by atoms with E-state index in [-0.39, 0.29) is 47.9 Å². The number of fused-ring (bicyclic) bond motifs is 7. The van der Waals surface area contributed by atoms with Crippen LogP contribution in [0, 0.1) is 23.7 Å². The van der Waals surface area contributed by atoms with Crippen LogP contribution in [0.5, 0.6) is 0 Å². The van der Waals surface area contributed by atoms with Crippen molar-refractivity contribution in [3.8, 4) is 0 Å². The number of imide groups is 1. The second-order valence-electron chi connectivity index (χ2n) is 8.33. The molecule has 2 fully saturated rings. The Hall–Kier alpha value is -3.54. The topological polar surface area (TPSA) is 79.4 Å². The van der Waals surface area contributed by atoms with Gasteiger partial charge < -0.3 is 5.32 Å². The number of hydrogen-bond acceptors (Lipinski definition) is 4. The average Bonchev–Trinajstić information content (AvgIpc) is 3.44. The highest BCUT2D eigenvalue weighted by atomic mass is 16.2. The van der Waals surface area contributed by atoms with E-state index in [1.807, 2.05) is 48.5 Å². The van der Waals surface area contributed by atoms with Gasteiger partial charge in [-0.2, -0.15) is 0 Å². The maximum absolute atomic E-state index is 13.0. The quantitative estimate of drug-likeness (QED) is 0.418. The fourth-order valence-corrected chi connectivity index (χ4v) is 5.42. The van der Waals surface area contributed by atoms with Crippen LogP contribution >= 0.6 is 0 Å². The van der Waals surface area contributed by atoms with Crippen molar-refractivity contribution < 1.29 is 14.4 Å². The SMILES string of the molecule is O=C(CN1C(=O)[C@H]2[C@H](C1=O)[C@H]1C=C[C@H]2C1)Nc1c2ccccc2nc2ccccc12. The van der Waals surface area contributed by atoms with Crippen molar-refractivity contribution in [2.24, 2.45) is 23.7 Å². The Bertz CT molecular complexity index is 1200. The minimum Gasteiger partial charge on any atom is -0.323 e. The maximum atomic E-state index is 13.0. The van der Waals surface area contributed by atoms with Crippen LogP contribution in [0.25, 0.3) is 21.8 Å². The number of anilines is 1. The van der Waals surface area contributed by atoms with E-state index in [2.05, 4.69) is 22.5 Å². The zero-order chi connectivity index (χ0) is 20.4. The molecule has 148 valence electrons. The fourth-order valence-electron chi connectivity index (χ4n) is 5.42. The molecular weight excluding hydrogens is 378 g/mol. The molecule has 0 unspecified atom stereocenters. The lowest BCUT2D eigenvalue weighted by Crippen LogP contribution is -2.39. The Morgan fingerprint density at radius 1 is 0.900 bits per heavy atom. The highest BCUT2D eigenvalue weighted by Gasteiger charge is 2.59. The molecule has 1 N–H and O–H groups in total. The minimum atomic E-state index is -0.376. The molecule has 0 radical (unpaired) electrons. The van der Waals surface area contributed by atoms with Crippen molar-refractivity contribution in [1.82, 2.24) is 9.88 Å². The molecule has 1 aliphatic heterocycles. The number of likely N-dealkylation sites (tertiary alicyclic amines) is 1. The van der Waals surface area contributed by atoms with E-state index < -0.39 is 0 Å². The summed E-state index contributed by atoms with van der Waals surface area (Å²) in [6.07, 6.45) is 4.98. The van der Waals surface area contributed by atoms with Gasteiger partial charge in [-0.05, 0) is 30.4 Å². The number of nitrogens with one attached hydrogen (secondary N) is 1. The number of pyridine rings is 1. The molecule has 1 saturated heterocycles. The number of carbonyl (C=O) groups excluding carboxylic acids is 3. The van der Waals surface area contributed by atoms with Crippen molar-refractivity contribution in [3.63, 3.8) is 0 Å². The molecular formula is C24H19N3O3. The second kappa shape index (κ2) is 6.23. The molecule has 2 aliphatic carbocycles. The van der Waals surface area contributed by atoms with Crippen molar-refractivity contribution in [1.29, 1.82) is 0 Å². The number of rotatable bonds is 3. The Labute approximate surface area is 172 Å². The Morgan fingerprint density at radius 2 is 1.43 bits per heavy atom. The number of hydrogen-bond donors (Lipinski definition) is 1. The molecule has 4 atom stereocenters. The van der Waals surface area contributed by atoms with Crippen molar-refractivity contribution in [3.05, 3.63) is 60.7 Å². The maximum Gasteiger partial charge on any atom is 0.244 e. The second-order valence-corrected chi connectivity index (χ2v) is 8.33. The highest BCUT2D eigenvalue weighted by Crippen LogP contribution is 2.52. The molecule has 30 heavy (non-hydrogen) atoms. The number of benzene rings is 2. The number of amides is 3. The van der Waals surface area contributed by atoms with E-state index in [0.717, 1.165) is 33.1 Å². The van der Waals surface area contributed by atoms with Gasteiger partial charge in [-0.15, -0.1) is 0 Å². The molecule has 3 aromatic rings. The van der Waals surface area contributed by atoms with Gasteiger partial charge in [-0.1, -0.05) is 48.6 Å². The predicted molar refractivity (Wildman–Crippen MR) is 112 cm³/mol. The summed E-state index contributed by atoms with van der Waals surface area (Å²) in [6.45, 7) is -0.255. The molecule has 6 rings (SSSR count). The number of carbonyl (C=O) groups is 3. The summed E-state index contributed by atoms with van der Waals surface area (Å²) >= 11 is 0. The van der Waals surface area contributed by atoms with Crippen molar-refractivity contribution >= 4 is 45.2 Å². The largest absolute Gasteiger partial charge is 0.323 e. The summed E-state index contributed by atoms with van der Waals surface area (Å²) in [6, 6.07) is 15.2. The smallest absolute Gasteiger partial charge is 0.244 e. The van der Waals surface area contributed by atoms with E-state index in [4.69, 9.17) is 0 Å². The van der Waals surface area contributed by atoms with E-state index in [1.54, 1.807) is 0 Å². The Kier molecular flexibility index (Phi) is 3.60. The zero-order valence-electron chi connectivity index (χ0n) is 16.1. The number of para-hydroxylation sites is 2. The first-order valence-electron chi connectivity index (χ1n) is 10.2. The van der Waals surface area contributed by atoms with Crippen LogP contribution in [0.15, 0.2) is 60.7 Å². The fraction of sp³-hybridized carbons (Fsp3) is 0.250. The summed E-state index contributed by atoms with van der Waals surface area (Å²) in [7, 11) is 0. The monoisotopic (exact) mass is 397 g/mol. The lowest BCUT2D eigenvalue weighted by atomic mass is 9.85. The first kappa shape index (κ1) is 17.3. The molecule has 1 saturated carbocycles. The molecule has 2 bridgehead atoms. The van der Waals surface area contributed by atoms with Gasteiger partial charge in [0.25, 0.3) is 0 Å². The van der Waals surface area contributed by atoms with Gasteiger partial charge in [0.2, 0.25) is 17.7 Å². The molecule has 1 aromatic heterocycles. The molecule has 3 aliphatic rings. The van der Waals surface area contributed by atoms with Crippen molar-refractivity contribution in [2.75, 3.05) is 11.9 Å². The Morgan fingerprint density at radius 3 is 2.00 bits per heavy atom. The first-order chi connectivity index (χ1) is 14.6. The van der Waals surface area contributed by atoms with Crippen LogP contribution in [0.4, 0.5) is 5.69 Å². The predicted octanol–water partition coefficient (Wildman–Crippen LogP) is 3.13. The van der Waals surface area contributed by atoms with Crippen LogP contribution in [-0.4, -0.2) is 34.2 Å². The molecule has 6 nitrogen and oxygen atoms in total. The van der Waals surface area contributed by atoms with Gasteiger partial charge in [0.1, 0.15) is 6.54 Å². The van der Waals surface area contributed by atoms with Gasteiger partial charge >= 0.3 is 0 Å². The van der Waals surface area contributed by atoms with Crippen LogP contribution in [0.1, 0.15) is 6.42 Å². The minimum absolute atomic E-state index is 0.137. The first-order valence-corrected chi connectivity index (χ1v) is 10.2. The summed E-state index contributed by atoms with van der Waals surface area (Å²) in [5.74, 6) is -1.10. The molecule has 2 heterocycles. The summed E-state index contributed by atoms with van der Waals surface area (Å²) in [5.41, 5.74) is 2.20. The van der Waals surface area contributed by atoms with Crippen LogP contribution < -0.4 is 5.32 Å². The van der Waals surface area contributed by atoms with Gasteiger partial charge in [-0.3, -0.25) is 19.3 Å².